The quantitative estimate of drug-likeness (QED) is 0.779. The Morgan fingerprint density at radius 3 is 2.48 bits per heavy atom. The minimum absolute atomic E-state index is 0.0870. The summed E-state index contributed by atoms with van der Waals surface area (Å²) in [5, 5.41) is 20.7. The summed E-state index contributed by atoms with van der Waals surface area (Å²) >= 11 is 0. The van der Waals surface area contributed by atoms with Crippen LogP contribution in [-0.2, 0) is 4.79 Å². The van der Waals surface area contributed by atoms with E-state index >= 15 is 0 Å². The van der Waals surface area contributed by atoms with Crippen molar-refractivity contribution < 1.29 is 15.0 Å². The monoisotopic (exact) mass is 320 g/mol. The second-order valence-electron chi connectivity index (χ2n) is 10.1. The second-order valence-corrected chi connectivity index (χ2v) is 10.1. The molecule has 23 heavy (non-hydrogen) atoms. The lowest BCUT2D eigenvalue weighted by molar-refractivity contribution is -0.240. The first-order valence-corrected chi connectivity index (χ1v) is 9.55. The molecule has 0 saturated heterocycles. The Morgan fingerprint density at radius 1 is 1.09 bits per heavy atom. The van der Waals surface area contributed by atoms with Gasteiger partial charge >= 0.3 is 0 Å². The van der Waals surface area contributed by atoms with Crippen molar-refractivity contribution in [2.75, 3.05) is 6.61 Å². The van der Waals surface area contributed by atoms with Crippen molar-refractivity contribution in [3.8, 4) is 0 Å². The molecule has 3 nitrogen and oxygen atoms in total. The number of hydrogen-bond donors (Lipinski definition) is 2. The van der Waals surface area contributed by atoms with E-state index in [0.29, 0.717) is 17.6 Å². The topological polar surface area (TPSA) is 57.5 Å². The first kappa shape index (κ1) is 16.1. The van der Waals surface area contributed by atoms with Gasteiger partial charge in [0, 0.05) is 11.8 Å². The van der Waals surface area contributed by atoms with Crippen LogP contribution in [0.5, 0.6) is 0 Å². The molecule has 5 fully saturated rings. The van der Waals surface area contributed by atoms with Crippen LogP contribution in [0.2, 0.25) is 0 Å². The summed E-state index contributed by atoms with van der Waals surface area (Å²) in [7, 11) is 0. The highest BCUT2D eigenvalue weighted by Gasteiger charge is 2.67. The van der Waals surface area contributed by atoms with Gasteiger partial charge in [-0.15, -0.1) is 0 Å². The molecule has 0 amide bonds. The van der Waals surface area contributed by atoms with Gasteiger partial charge in [-0.2, -0.15) is 0 Å². The third-order valence-corrected chi connectivity index (χ3v) is 8.95. The fourth-order valence-corrected chi connectivity index (χ4v) is 7.72. The maximum absolute atomic E-state index is 12.5. The molecule has 1 spiro atoms. The molecule has 2 N–H and O–H groups in total. The fraction of sp³-hybridized carbons (Fsp3) is 0.950. The van der Waals surface area contributed by atoms with Crippen molar-refractivity contribution in [3.63, 3.8) is 0 Å². The summed E-state index contributed by atoms with van der Waals surface area (Å²) in [6.45, 7) is 6.69. The Kier molecular flexibility index (Phi) is 3.22. The maximum atomic E-state index is 12.5. The number of hydrogen-bond acceptors (Lipinski definition) is 3. The molecule has 0 unspecified atom stereocenters. The lowest BCUT2D eigenvalue weighted by Gasteiger charge is -2.69. The van der Waals surface area contributed by atoms with Crippen molar-refractivity contribution >= 4 is 5.78 Å². The largest absolute Gasteiger partial charge is 0.393 e. The Bertz CT molecular complexity index is 541. The standard InChI is InChI=1S/C20H32O3/c1-17(2)14-5-9-19-8-4-13(20(23,11-19)12-21)10-15(19)18(14,3)7-6-16(17)22/h13-15,21,23H,4-12H2,1-3H3/t13-,14-,15+,18-,19-,20-/m1/s1. The van der Waals surface area contributed by atoms with Crippen molar-refractivity contribution in [2.45, 2.75) is 77.7 Å². The van der Waals surface area contributed by atoms with Gasteiger partial charge in [0.05, 0.1) is 12.2 Å². The zero-order valence-electron chi connectivity index (χ0n) is 14.9. The predicted octanol–water partition coefficient (Wildman–Crippen LogP) is 3.32. The fourth-order valence-electron chi connectivity index (χ4n) is 7.72. The van der Waals surface area contributed by atoms with E-state index in [2.05, 4.69) is 20.8 Å². The van der Waals surface area contributed by atoms with Crippen molar-refractivity contribution in [1.82, 2.24) is 0 Å². The first-order valence-electron chi connectivity index (χ1n) is 9.55. The van der Waals surface area contributed by atoms with Crippen LogP contribution in [0, 0.1) is 34.0 Å². The Balaban J connectivity index is 1.73. The highest BCUT2D eigenvalue weighted by molar-refractivity contribution is 5.85. The van der Waals surface area contributed by atoms with E-state index in [0.717, 1.165) is 44.9 Å². The van der Waals surface area contributed by atoms with Gasteiger partial charge in [-0.3, -0.25) is 4.79 Å². The molecular formula is C20H32O3. The number of ketones is 1. The molecule has 0 radical (unpaired) electrons. The summed E-state index contributed by atoms with van der Waals surface area (Å²) in [6.07, 6.45) is 8.09. The summed E-state index contributed by atoms with van der Waals surface area (Å²) in [5.41, 5.74) is -0.615. The average Bonchev–Trinajstić information content (AvgIpc) is 2.51. The normalized spacial score (nSPS) is 54.5. The van der Waals surface area contributed by atoms with E-state index in [4.69, 9.17) is 0 Å². The van der Waals surface area contributed by atoms with Crippen LogP contribution in [0.4, 0.5) is 0 Å². The number of fused-ring (bicyclic) bond motifs is 3. The van der Waals surface area contributed by atoms with Crippen LogP contribution >= 0.6 is 0 Å². The molecule has 0 aromatic carbocycles. The van der Waals surface area contributed by atoms with E-state index in [1.54, 1.807) is 0 Å². The average molecular weight is 320 g/mol. The summed E-state index contributed by atoms with van der Waals surface area (Å²) in [5.74, 6) is 1.79. The summed E-state index contributed by atoms with van der Waals surface area (Å²) in [4.78, 5) is 12.5. The smallest absolute Gasteiger partial charge is 0.138 e. The lowest BCUT2D eigenvalue weighted by atomic mass is 9.36. The second kappa shape index (κ2) is 4.60. The number of rotatable bonds is 1. The minimum Gasteiger partial charge on any atom is -0.393 e. The molecular weight excluding hydrogens is 288 g/mol. The zero-order chi connectivity index (χ0) is 16.7. The van der Waals surface area contributed by atoms with Gasteiger partial charge in [-0.25, -0.2) is 0 Å². The molecule has 130 valence electrons. The molecule has 0 heterocycles. The summed E-state index contributed by atoms with van der Waals surface area (Å²) in [6, 6.07) is 0. The number of carbonyl (C=O) groups excluding carboxylic acids is 1. The van der Waals surface area contributed by atoms with Crippen LogP contribution in [0.15, 0.2) is 0 Å². The number of carbonyl (C=O) groups is 1. The van der Waals surface area contributed by atoms with Gasteiger partial charge in [-0.05, 0) is 73.5 Å². The van der Waals surface area contributed by atoms with Gasteiger partial charge in [0.1, 0.15) is 5.78 Å². The van der Waals surface area contributed by atoms with Crippen molar-refractivity contribution in [2.24, 2.45) is 34.0 Å². The van der Waals surface area contributed by atoms with E-state index in [9.17, 15) is 15.0 Å². The van der Waals surface area contributed by atoms with Gasteiger partial charge < -0.3 is 10.2 Å². The third-order valence-electron chi connectivity index (χ3n) is 8.95. The van der Waals surface area contributed by atoms with E-state index in [1.165, 1.54) is 6.42 Å². The SMILES string of the molecule is CC1(C)C(=O)CC[C@]2(C)[C@@H]1CC[C@@]13CC[C@H](C[C@H]12)[C@](O)(CO)C3. The van der Waals surface area contributed by atoms with E-state index in [-0.39, 0.29) is 28.8 Å². The van der Waals surface area contributed by atoms with Crippen LogP contribution in [0.3, 0.4) is 0 Å². The molecule has 0 aromatic rings. The van der Waals surface area contributed by atoms with Gasteiger partial charge in [0.25, 0.3) is 0 Å². The van der Waals surface area contributed by atoms with E-state index < -0.39 is 5.60 Å². The van der Waals surface area contributed by atoms with Gasteiger partial charge in [-0.1, -0.05) is 20.8 Å². The number of Topliss-reactive ketones (excluding diaryl/α,β-unsaturated/α-hetero) is 1. The highest BCUT2D eigenvalue weighted by Crippen LogP contribution is 2.72. The molecule has 0 aromatic heterocycles. The molecule has 5 aliphatic carbocycles. The Labute approximate surface area is 139 Å². The first-order chi connectivity index (χ1) is 10.7. The van der Waals surface area contributed by atoms with Crippen molar-refractivity contribution in [3.05, 3.63) is 0 Å². The molecule has 3 heteroatoms. The maximum Gasteiger partial charge on any atom is 0.138 e. The summed E-state index contributed by atoms with van der Waals surface area (Å²) < 4.78 is 0. The molecule has 5 aliphatic rings. The molecule has 5 rings (SSSR count). The minimum atomic E-state index is -0.849. The van der Waals surface area contributed by atoms with Crippen LogP contribution in [0.1, 0.15) is 72.1 Å². The van der Waals surface area contributed by atoms with Gasteiger partial charge in [0.15, 0.2) is 0 Å². The lowest BCUT2D eigenvalue weighted by Crippen LogP contribution is -2.66. The van der Waals surface area contributed by atoms with E-state index in [1.807, 2.05) is 0 Å². The van der Waals surface area contributed by atoms with Gasteiger partial charge in [0.2, 0.25) is 0 Å². The van der Waals surface area contributed by atoms with Crippen LogP contribution in [0.25, 0.3) is 0 Å². The molecule has 0 aliphatic heterocycles. The molecule has 2 bridgehead atoms. The predicted molar refractivity (Wildman–Crippen MR) is 88.8 cm³/mol. The van der Waals surface area contributed by atoms with Crippen LogP contribution in [-0.4, -0.2) is 28.2 Å². The van der Waals surface area contributed by atoms with Crippen molar-refractivity contribution in [1.29, 1.82) is 0 Å². The Hall–Kier alpha value is -0.410. The number of aliphatic hydroxyl groups is 2. The zero-order valence-corrected chi connectivity index (χ0v) is 14.9. The highest BCUT2D eigenvalue weighted by atomic mass is 16.3. The Morgan fingerprint density at radius 2 is 1.78 bits per heavy atom. The van der Waals surface area contributed by atoms with Crippen LogP contribution < -0.4 is 0 Å². The molecule has 6 atom stereocenters. The third kappa shape index (κ3) is 1.87. The number of aliphatic hydroxyl groups excluding tert-OH is 1. The molecule has 5 saturated carbocycles.